The monoisotopic (exact) mass is 418 g/mol. The summed E-state index contributed by atoms with van der Waals surface area (Å²) in [6, 6.07) is 11.1. The minimum Gasteiger partial charge on any atom is -0.369 e. The lowest BCUT2D eigenvalue weighted by Gasteiger charge is -2.57. The van der Waals surface area contributed by atoms with E-state index in [1.54, 1.807) is 0 Å². The molecule has 2 aromatic rings. The fourth-order valence-electron chi connectivity index (χ4n) is 5.99. The molecule has 1 aromatic heterocycles. The Balaban J connectivity index is 1.16. The number of nitrogens with zero attached hydrogens (tertiary/aromatic N) is 4. The number of aromatic nitrogens is 1. The molecule has 0 unspecified atom stereocenters. The van der Waals surface area contributed by atoms with Crippen molar-refractivity contribution >= 4 is 11.8 Å². The number of likely N-dealkylation sites (N-methyl/N-ethyl adjacent to an activating group) is 1. The van der Waals surface area contributed by atoms with Gasteiger partial charge in [0.2, 0.25) is 0 Å². The standard InChI is InChI=1S/C26H31FN4/c1-29-8-10-31(11-9-29)23-4-2-20(3-5-23)25-24-13-19(12-21(24)6-7-28-25)16-30-17-26(18-30)14-22(27)15-26/h2-7,13,22H,8-12,14-18H2,1H3. The summed E-state index contributed by atoms with van der Waals surface area (Å²) >= 11 is 0. The number of hydrogen-bond acceptors (Lipinski definition) is 4. The van der Waals surface area contributed by atoms with E-state index < -0.39 is 6.17 Å². The molecule has 0 N–H and O–H groups in total. The molecule has 3 heterocycles. The number of alkyl halides is 1. The van der Waals surface area contributed by atoms with E-state index in [9.17, 15) is 4.39 Å². The molecule has 3 fully saturated rings. The summed E-state index contributed by atoms with van der Waals surface area (Å²) in [5, 5.41) is 0. The molecule has 4 nitrogen and oxygen atoms in total. The molecule has 2 aliphatic carbocycles. The molecule has 1 spiro atoms. The number of benzene rings is 1. The van der Waals surface area contributed by atoms with Gasteiger partial charge in [-0.15, -0.1) is 0 Å². The molecule has 2 aliphatic heterocycles. The second-order valence-electron chi connectivity index (χ2n) is 10.2. The molecule has 0 atom stereocenters. The van der Waals surface area contributed by atoms with Gasteiger partial charge in [-0.2, -0.15) is 0 Å². The number of anilines is 1. The Kier molecular flexibility index (Phi) is 4.65. The average molecular weight is 419 g/mol. The number of fused-ring (bicyclic) bond motifs is 1. The Morgan fingerprint density at radius 2 is 1.77 bits per heavy atom. The van der Waals surface area contributed by atoms with Crippen molar-refractivity contribution in [3.63, 3.8) is 0 Å². The number of hydrogen-bond donors (Lipinski definition) is 0. The van der Waals surface area contributed by atoms with Crippen molar-refractivity contribution in [2.75, 3.05) is 57.8 Å². The Bertz CT molecular complexity index is 993. The molecule has 2 saturated heterocycles. The van der Waals surface area contributed by atoms with Crippen LogP contribution in [-0.2, 0) is 6.42 Å². The van der Waals surface area contributed by atoms with Gasteiger partial charge in [0, 0.05) is 74.2 Å². The van der Waals surface area contributed by atoms with Crippen LogP contribution in [0.25, 0.3) is 17.3 Å². The van der Waals surface area contributed by atoms with Crippen molar-refractivity contribution in [2.24, 2.45) is 5.41 Å². The first-order valence-electron chi connectivity index (χ1n) is 11.6. The number of rotatable bonds is 4. The molecule has 0 bridgehead atoms. The summed E-state index contributed by atoms with van der Waals surface area (Å²) in [4.78, 5) is 12.1. The smallest absolute Gasteiger partial charge is 0.101 e. The van der Waals surface area contributed by atoms with Crippen molar-refractivity contribution in [2.45, 2.75) is 25.4 Å². The van der Waals surface area contributed by atoms with Gasteiger partial charge >= 0.3 is 0 Å². The van der Waals surface area contributed by atoms with E-state index in [1.807, 2.05) is 6.20 Å². The zero-order valence-electron chi connectivity index (χ0n) is 18.4. The van der Waals surface area contributed by atoms with E-state index in [4.69, 9.17) is 4.98 Å². The Labute approximate surface area is 184 Å². The lowest BCUT2D eigenvalue weighted by molar-refractivity contribution is -0.0979. The third-order valence-electron chi connectivity index (χ3n) is 7.71. The molecular formula is C26H31FN4. The quantitative estimate of drug-likeness (QED) is 0.752. The van der Waals surface area contributed by atoms with Gasteiger partial charge in [-0.05, 0) is 50.1 Å². The van der Waals surface area contributed by atoms with Crippen LogP contribution in [0.2, 0.25) is 0 Å². The van der Waals surface area contributed by atoms with E-state index in [0.717, 1.165) is 70.8 Å². The third kappa shape index (κ3) is 3.58. The molecule has 0 radical (unpaired) electrons. The topological polar surface area (TPSA) is 22.6 Å². The highest BCUT2D eigenvalue weighted by molar-refractivity contribution is 5.78. The van der Waals surface area contributed by atoms with E-state index in [0.29, 0.717) is 5.41 Å². The van der Waals surface area contributed by atoms with E-state index >= 15 is 0 Å². The molecule has 0 amide bonds. The zero-order chi connectivity index (χ0) is 21.0. The maximum absolute atomic E-state index is 13.3. The second kappa shape index (κ2) is 7.42. The largest absolute Gasteiger partial charge is 0.369 e. The number of piperazine rings is 1. The van der Waals surface area contributed by atoms with Crippen LogP contribution in [0.15, 0.2) is 42.1 Å². The Morgan fingerprint density at radius 1 is 1.03 bits per heavy atom. The van der Waals surface area contributed by atoms with Crippen LogP contribution >= 0.6 is 0 Å². The van der Waals surface area contributed by atoms with Gasteiger partial charge in [0.05, 0.1) is 5.69 Å². The van der Waals surface area contributed by atoms with Crippen LogP contribution in [0.3, 0.4) is 0 Å². The van der Waals surface area contributed by atoms with Crippen LogP contribution in [0.5, 0.6) is 0 Å². The molecule has 1 saturated carbocycles. The molecule has 5 heteroatoms. The third-order valence-corrected chi connectivity index (χ3v) is 7.71. The van der Waals surface area contributed by atoms with Crippen molar-refractivity contribution in [3.8, 4) is 11.3 Å². The van der Waals surface area contributed by atoms with Gasteiger partial charge in [0.25, 0.3) is 0 Å². The summed E-state index contributed by atoms with van der Waals surface area (Å²) in [5.41, 5.74) is 8.03. The summed E-state index contributed by atoms with van der Waals surface area (Å²) in [5.74, 6) is 0. The SMILES string of the molecule is CN1CCN(c2ccc(-c3nccc4c3C=C(CN3CC5(CC(F)C5)C3)C4)cc2)CC1. The molecule has 162 valence electrons. The van der Waals surface area contributed by atoms with Gasteiger partial charge in [-0.3, -0.25) is 9.88 Å². The number of pyridine rings is 1. The van der Waals surface area contributed by atoms with E-state index in [-0.39, 0.29) is 0 Å². The van der Waals surface area contributed by atoms with Crippen molar-refractivity contribution in [1.29, 1.82) is 0 Å². The first kappa shape index (κ1) is 19.4. The second-order valence-corrected chi connectivity index (χ2v) is 10.2. The molecule has 6 rings (SSSR count). The predicted molar refractivity (Wildman–Crippen MR) is 124 cm³/mol. The average Bonchev–Trinajstić information content (AvgIpc) is 3.14. The zero-order valence-corrected chi connectivity index (χ0v) is 18.4. The molecule has 1 aromatic carbocycles. The minimum absolute atomic E-state index is 0.309. The maximum Gasteiger partial charge on any atom is 0.101 e. The lowest BCUT2D eigenvalue weighted by atomic mass is 9.62. The first-order valence-corrected chi connectivity index (χ1v) is 11.6. The fraction of sp³-hybridized carbons (Fsp3) is 0.500. The maximum atomic E-state index is 13.3. The minimum atomic E-state index is -0.548. The highest BCUT2D eigenvalue weighted by Gasteiger charge is 2.52. The van der Waals surface area contributed by atoms with Gasteiger partial charge in [-0.25, -0.2) is 4.39 Å². The number of halogens is 1. The van der Waals surface area contributed by atoms with Crippen LogP contribution in [-0.4, -0.2) is 73.8 Å². The normalized spacial score (nSPS) is 23.4. The van der Waals surface area contributed by atoms with Crippen LogP contribution in [0.1, 0.15) is 24.0 Å². The van der Waals surface area contributed by atoms with Gasteiger partial charge in [0.1, 0.15) is 6.17 Å². The highest BCUT2D eigenvalue weighted by Crippen LogP contribution is 2.50. The summed E-state index contributed by atoms with van der Waals surface area (Å²) < 4.78 is 13.3. The molecule has 31 heavy (non-hydrogen) atoms. The molecular weight excluding hydrogens is 387 g/mol. The summed E-state index contributed by atoms with van der Waals surface area (Å²) in [6.45, 7) is 7.57. The van der Waals surface area contributed by atoms with E-state index in [1.165, 1.54) is 28.0 Å². The summed E-state index contributed by atoms with van der Waals surface area (Å²) in [7, 11) is 2.19. The van der Waals surface area contributed by atoms with Crippen LogP contribution in [0.4, 0.5) is 10.1 Å². The Morgan fingerprint density at radius 3 is 2.48 bits per heavy atom. The Hall–Kier alpha value is -2.24. The van der Waals surface area contributed by atoms with E-state index in [2.05, 4.69) is 58.2 Å². The fourth-order valence-corrected chi connectivity index (χ4v) is 5.99. The van der Waals surface area contributed by atoms with Crippen molar-refractivity contribution < 1.29 is 4.39 Å². The van der Waals surface area contributed by atoms with Gasteiger partial charge in [0.15, 0.2) is 0 Å². The summed E-state index contributed by atoms with van der Waals surface area (Å²) in [6.07, 6.45) is 6.33. The van der Waals surface area contributed by atoms with Gasteiger partial charge in [-0.1, -0.05) is 23.8 Å². The van der Waals surface area contributed by atoms with Gasteiger partial charge < -0.3 is 9.80 Å². The van der Waals surface area contributed by atoms with Crippen LogP contribution < -0.4 is 4.90 Å². The molecule has 4 aliphatic rings. The first-order chi connectivity index (χ1) is 15.1. The van der Waals surface area contributed by atoms with Crippen molar-refractivity contribution in [1.82, 2.24) is 14.8 Å². The predicted octanol–water partition coefficient (Wildman–Crippen LogP) is 3.87. The van der Waals surface area contributed by atoms with Crippen molar-refractivity contribution in [3.05, 3.63) is 53.2 Å². The van der Waals surface area contributed by atoms with Crippen LogP contribution in [0, 0.1) is 5.41 Å². The lowest BCUT2D eigenvalue weighted by Crippen LogP contribution is -2.63. The number of likely N-dealkylation sites (tertiary alicyclic amines) is 1. The highest BCUT2D eigenvalue weighted by atomic mass is 19.1.